The SMILES string of the molecule is CC(CN1c2ccccc2Sc2ccccc21)N(C)C#N. The normalized spacial score (nSPS) is 13.9. The number of hydrogen-bond acceptors (Lipinski definition) is 4. The molecule has 0 amide bonds. The molecular formula is C17H17N3S. The average Bonchev–Trinajstić information content (AvgIpc) is 2.53. The van der Waals surface area contributed by atoms with Crippen molar-refractivity contribution in [1.29, 1.82) is 5.26 Å². The predicted octanol–water partition coefficient (Wildman–Crippen LogP) is 4.09. The Morgan fingerprint density at radius 2 is 1.62 bits per heavy atom. The van der Waals surface area contributed by atoms with Gasteiger partial charge in [-0.25, -0.2) is 0 Å². The highest BCUT2D eigenvalue weighted by atomic mass is 32.2. The van der Waals surface area contributed by atoms with Crippen molar-refractivity contribution in [2.75, 3.05) is 18.5 Å². The highest BCUT2D eigenvalue weighted by Gasteiger charge is 2.24. The lowest BCUT2D eigenvalue weighted by atomic mass is 10.2. The molecule has 0 spiro atoms. The Labute approximate surface area is 129 Å². The molecule has 2 aromatic rings. The van der Waals surface area contributed by atoms with Crippen LogP contribution >= 0.6 is 11.8 Å². The van der Waals surface area contributed by atoms with E-state index in [4.69, 9.17) is 5.26 Å². The molecule has 1 unspecified atom stereocenters. The number of anilines is 2. The van der Waals surface area contributed by atoms with E-state index in [1.807, 2.05) is 18.8 Å². The van der Waals surface area contributed by atoms with Gasteiger partial charge in [-0.05, 0) is 31.2 Å². The number of nitriles is 1. The van der Waals surface area contributed by atoms with Crippen LogP contribution in [0.2, 0.25) is 0 Å². The van der Waals surface area contributed by atoms with E-state index < -0.39 is 0 Å². The minimum atomic E-state index is 0.152. The second-order valence-electron chi connectivity index (χ2n) is 5.21. The van der Waals surface area contributed by atoms with Crippen LogP contribution in [-0.2, 0) is 0 Å². The van der Waals surface area contributed by atoms with Crippen molar-refractivity contribution in [2.24, 2.45) is 0 Å². The molecule has 106 valence electrons. The van der Waals surface area contributed by atoms with Crippen LogP contribution in [0.3, 0.4) is 0 Å². The smallest absolute Gasteiger partial charge is 0.179 e. The number of fused-ring (bicyclic) bond motifs is 2. The van der Waals surface area contributed by atoms with Crippen LogP contribution in [0.15, 0.2) is 58.3 Å². The number of benzene rings is 2. The van der Waals surface area contributed by atoms with Crippen LogP contribution in [0.4, 0.5) is 11.4 Å². The minimum absolute atomic E-state index is 0.152. The number of rotatable bonds is 3. The van der Waals surface area contributed by atoms with Gasteiger partial charge in [0.2, 0.25) is 0 Å². The monoisotopic (exact) mass is 295 g/mol. The summed E-state index contributed by atoms with van der Waals surface area (Å²) in [5, 5.41) is 9.08. The average molecular weight is 295 g/mol. The lowest BCUT2D eigenvalue weighted by molar-refractivity contribution is 0.371. The summed E-state index contributed by atoms with van der Waals surface area (Å²) >= 11 is 1.81. The molecule has 2 aromatic carbocycles. The van der Waals surface area contributed by atoms with E-state index in [1.165, 1.54) is 21.2 Å². The summed E-state index contributed by atoms with van der Waals surface area (Å²) in [6, 6.07) is 17.0. The van der Waals surface area contributed by atoms with E-state index in [2.05, 4.69) is 66.5 Å². The van der Waals surface area contributed by atoms with E-state index in [-0.39, 0.29) is 6.04 Å². The Kier molecular flexibility index (Phi) is 3.76. The maximum Gasteiger partial charge on any atom is 0.179 e. The van der Waals surface area contributed by atoms with E-state index in [0.29, 0.717) is 0 Å². The fourth-order valence-corrected chi connectivity index (χ4v) is 3.56. The van der Waals surface area contributed by atoms with Crippen LogP contribution in [0.5, 0.6) is 0 Å². The van der Waals surface area contributed by atoms with Crippen molar-refractivity contribution in [3.8, 4) is 6.19 Å². The van der Waals surface area contributed by atoms with Gasteiger partial charge in [0.05, 0.1) is 17.4 Å². The summed E-state index contributed by atoms with van der Waals surface area (Å²) in [6.07, 6.45) is 2.20. The third kappa shape index (κ3) is 2.57. The van der Waals surface area contributed by atoms with Crippen LogP contribution in [0.25, 0.3) is 0 Å². The molecule has 3 rings (SSSR count). The van der Waals surface area contributed by atoms with Crippen LogP contribution < -0.4 is 4.90 Å². The topological polar surface area (TPSA) is 30.3 Å². The highest BCUT2D eigenvalue weighted by Crippen LogP contribution is 2.47. The first kappa shape index (κ1) is 13.8. The van der Waals surface area contributed by atoms with E-state index in [9.17, 15) is 0 Å². The Bertz CT molecular complexity index is 647. The molecule has 0 aliphatic carbocycles. The van der Waals surface area contributed by atoms with Gasteiger partial charge in [-0.15, -0.1) is 0 Å². The Hall–Kier alpha value is -2.12. The summed E-state index contributed by atoms with van der Waals surface area (Å²) in [4.78, 5) is 6.55. The molecule has 0 aromatic heterocycles. The second-order valence-corrected chi connectivity index (χ2v) is 6.29. The third-order valence-electron chi connectivity index (χ3n) is 3.80. The summed E-state index contributed by atoms with van der Waals surface area (Å²) < 4.78 is 0. The Morgan fingerprint density at radius 3 is 2.14 bits per heavy atom. The van der Waals surface area contributed by atoms with Gasteiger partial charge in [-0.3, -0.25) is 0 Å². The van der Waals surface area contributed by atoms with Crippen molar-refractivity contribution in [2.45, 2.75) is 22.8 Å². The molecular weight excluding hydrogens is 278 g/mol. The quantitative estimate of drug-likeness (QED) is 0.630. The molecule has 0 radical (unpaired) electrons. The first-order valence-corrected chi connectivity index (χ1v) is 7.78. The first-order chi connectivity index (χ1) is 10.2. The van der Waals surface area contributed by atoms with Gasteiger partial charge in [-0.1, -0.05) is 36.0 Å². The van der Waals surface area contributed by atoms with E-state index in [0.717, 1.165) is 6.54 Å². The zero-order chi connectivity index (χ0) is 14.8. The second kappa shape index (κ2) is 5.71. The molecule has 0 fully saturated rings. The van der Waals surface area contributed by atoms with Gasteiger partial charge in [0.1, 0.15) is 0 Å². The molecule has 3 nitrogen and oxygen atoms in total. The zero-order valence-electron chi connectivity index (χ0n) is 12.2. The van der Waals surface area contributed by atoms with Crippen molar-refractivity contribution < 1.29 is 0 Å². The number of likely N-dealkylation sites (N-methyl/N-ethyl adjacent to an activating group) is 1. The molecule has 0 bridgehead atoms. The molecule has 1 aliphatic heterocycles. The van der Waals surface area contributed by atoms with Gasteiger partial charge < -0.3 is 9.80 Å². The van der Waals surface area contributed by atoms with Crippen LogP contribution in [0, 0.1) is 11.5 Å². The maximum absolute atomic E-state index is 9.08. The maximum atomic E-state index is 9.08. The van der Waals surface area contributed by atoms with Gasteiger partial charge in [-0.2, -0.15) is 5.26 Å². The molecule has 1 aliphatic rings. The molecule has 4 heteroatoms. The largest absolute Gasteiger partial charge is 0.338 e. The summed E-state index contributed by atoms with van der Waals surface area (Å²) in [5.41, 5.74) is 2.44. The molecule has 1 heterocycles. The molecule has 1 atom stereocenters. The molecule has 21 heavy (non-hydrogen) atoms. The van der Waals surface area contributed by atoms with Crippen molar-refractivity contribution in [3.63, 3.8) is 0 Å². The van der Waals surface area contributed by atoms with E-state index >= 15 is 0 Å². The van der Waals surface area contributed by atoms with Gasteiger partial charge in [0.25, 0.3) is 0 Å². The standard InChI is InChI=1S/C17H17N3S/c1-13(19(2)12-18)11-20-14-7-3-5-9-16(14)21-17-10-6-4-8-15(17)20/h3-10,13H,11H2,1-2H3. The summed E-state index contributed by atoms with van der Waals surface area (Å²) in [6.45, 7) is 2.87. The summed E-state index contributed by atoms with van der Waals surface area (Å²) in [7, 11) is 1.83. The van der Waals surface area contributed by atoms with E-state index in [1.54, 1.807) is 4.90 Å². The van der Waals surface area contributed by atoms with Crippen LogP contribution in [-0.4, -0.2) is 24.5 Å². The van der Waals surface area contributed by atoms with Crippen molar-refractivity contribution >= 4 is 23.1 Å². The first-order valence-electron chi connectivity index (χ1n) is 6.96. The molecule has 0 N–H and O–H groups in total. The van der Waals surface area contributed by atoms with Crippen LogP contribution in [0.1, 0.15) is 6.92 Å². The third-order valence-corrected chi connectivity index (χ3v) is 4.93. The lowest BCUT2D eigenvalue weighted by Gasteiger charge is -2.35. The van der Waals surface area contributed by atoms with Gasteiger partial charge >= 0.3 is 0 Å². The summed E-state index contributed by atoms with van der Waals surface area (Å²) in [5.74, 6) is 0. The van der Waals surface area contributed by atoms with Gasteiger partial charge in [0, 0.05) is 23.4 Å². The highest BCUT2D eigenvalue weighted by molar-refractivity contribution is 7.99. The molecule has 0 saturated heterocycles. The fourth-order valence-electron chi connectivity index (χ4n) is 2.46. The fraction of sp³-hybridized carbons (Fsp3) is 0.235. The van der Waals surface area contributed by atoms with Gasteiger partial charge in [0.15, 0.2) is 6.19 Å². The van der Waals surface area contributed by atoms with Crippen molar-refractivity contribution in [1.82, 2.24) is 4.90 Å². The predicted molar refractivity (Wildman–Crippen MR) is 86.9 cm³/mol. The molecule has 0 saturated carbocycles. The van der Waals surface area contributed by atoms with Crippen molar-refractivity contribution in [3.05, 3.63) is 48.5 Å². The Balaban J connectivity index is 2.01. The zero-order valence-corrected chi connectivity index (χ0v) is 13.0. The number of hydrogen-bond donors (Lipinski definition) is 0. The number of nitrogens with zero attached hydrogens (tertiary/aromatic N) is 3. The lowest BCUT2D eigenvalue weighted by Crippen LogP contribution is -2.37. The minimum Gasteiger partial charge on any atom is -0.338 e. The number of para-hydroxylation sites is 2. The Morgan fingerprint density at radius 1 is 1.10 bits per heavy atom.